The summed E-state index contributed by atoms with van der Waals surface area (Å²) in [5.74, 6) is 0. The zero-order chi connectivity index (χ0) is 15.9. The van der Waals surface area contributed by atoms with Gasteiger partial charge in [-0.1, -0.05) is 43.2 Å². The van der Waals surface area contributed by atoms with E-state index in [0.717, 1.165) is 0 Å². The molecule has 0 aromatic heterocycles. The van der Waals surface area contributed by atoms with Gasteiger partial charge in [0.2, 0.25) is 0 Å². The van der Waals surface area contributed by atoms with Crippen molar-refractivity contribution in [2.45, 2.75) is 51.9 Å². The molecule has 0 N–H and O–H groups in total. The second kappa shape index (κ2) is 6.91. The summed E-state index contributed by atoms with van der Waals surface area (Å²) >= 11 is 6.50. The van der Waals surface area contributed by atoms with Crippen molar-refractivity contribution >= 4 is 34.9 Å². The largest absolute Gasteiger partial charge is 0.304 e. The summed E-state index contributed by atoms with van der Waals surface area (Å²) in [6.07, 6.45) is 0. The Morgan fingerprint density at radius 2 is 1.32 bits per heavy atom. The van der Waals surface area contributed by atoms with Crippen molar-refractivity contribution in [2.24, 2.45) is 0 Å². The van der Waals surface area contributed by atoms with Gasteiger partial charge in [0.1, 0.15) is 0 Å². The monoisotopic (exact) mass is 426 g/mol. The summed E-state index contributed by atoms with van der Waals surface area (Å²) in [5.41, 5.74) is 2.00. The van der Waals surface area contributed by atoms with Crippen molar-refractivity contribution in [3.63, 3.8) is 0 Å². The van der Waals surface area contributed by atoms with Crippen molar-refractivity contribution in [1.82, 2.24) is 0 Å². The normalized spacial score (nSPS) is 13.0. The molecule has 0 unspecified atom stereocenters. The van der Waals surface area contributed by atoms with E-state index in [9.17, 15) is 0 Å². The third-order valence-corrected chi connectivity index (χ3v) is 10.9. The molecule has 0 amide bonds. The van der Waals surface area contributed by atoms with Crippen LogP contribution >= 0.6 is 18.9 Å². The van der Waals surface area contributed by atoms with Gasteiger partial charge in [-0.3, -0.25) is 0 Å². The zero-order valence-electron chi connectivity index (χ0n) is 14.3. The molecule has 0 fully saturated rings. The van der Waals surface area contributed by atoms with E-state index in [-0.39, 0.29) is 30.7 Å². The van der Waals surface area contributed by atoms with Crippen LogP contribution in [0.2, 0.25) is 0 Å². The van der Waals surface area contributed by atoms with Gasteiger partial charge < -0.3 is 11.6 Å². The molecule has 0 saturated heterocycles. The maximum Gasteiger partial charge on any atom is 0.0676 e. The van der Waals surface area contributed by atoms with Gasteiger partial charge >= 0.3 is 0 Å². The molecule has 0 spiro atoms. The number of fused-ring (bicyclic) bond motifs is 1. The molecule has 0 saturated carbocycles. The molecule has 2 rings (SSSR count). The first-order valence-corrected chi connectivity index (χ1v) is 9.76. The fraction of sp³-hybridized carbons (Fsp3) is 0.421. The molecular formula is C19H26ClPPd. The molecule has 0 aliphatic carbocycles. The summed E-state index contributed by atoms with van der Waals surface area (Å²) in [6.45, 7) is 13.9. The van der Waals surface area contributed by atoms with Crippen molar-refractivity contribution in [3.8, 4) is 0 Å². The summed E-state index contributed by atoms with van der Waals surface area (Å²) in [6, 6.07) is 15.4. The number of benzene rings is 2. The Hall–Kier alpha value is 0.0823. The third kappa shape index (κ3) is 3.30. The minimum atomic E-state index is -1.66. The van der Waals surface area contributed by atoms with Crippen LogP contribution in [0.5, 0.6) is 0 Å². The van der Waals surface area contributed by atoms with E-state index < -0.39 is 7.26 Å². The van der Waals surface area contributed by atoms with Crippen LogP contribution in [0.3, 0.4) is 0 Å². The van der Waals surface area contributed by atoms with Crippen LogP contribution in [-0.4, -0.2) is 10.3 Å². The van der Waals surface area contributed by atoms with E-state index in [1.165, 1.54) is 16.1 Å². The average Bonchev–Trinajstić information content (AvgIpc) is 2.36. The molecule has 0 atom stereocenters. The Bertz CT molecular complexity index is 624. The SMILES string of the molecule is CC(C)(C)[P+]([CH-]Cl)(c1ccc2ccccc2c1)C(C)(C)C.[Pd]. The maximum atomic E-state index is 6.50. The molecule has 0 heterocycles. The van der Waals surface area contributed by atoms with Gasteiger partial charge in [0.05, 0.1) is 15.6 Å². The first-order chi connectivity index (χ1) is 9.63. The smallest absolute Gasteiger partial charge is 0.0676 e. The van der Waals surface area contributed by atoms with Gasteiger partial charge in [0.15, 0.2) is 0 Å². The molecule has 0 aliphatic heterocycles. The molecule has 0 bridgehead atoms. The zero-order valence-corrected chi connectivity index (χ0v) is 17.5. The second-order valence-electron chi connectivity index (χ2n) is 7.69. The fourth-order valence-electron chi connectivity index (χ4n) is 3.53. The predicted octanol–water partition coefficient (Wildman–Crippen LogP) is 6.44. The van der Waals surface area contributed by atoms with Crippen molar-refractivity contribution in [3.05, 3.63) is 48.1 Å². The second-order valence-corrected chi connectivity index (χ2v) is 13.1. The Balaban J connectivity index is 0.00000242. The van der Waals surface area contributed by atoms with Crippen LogP contribution in [0.15, 0.2) is 42.5 Å². The van der Waals surface area contributed by atoms with Gasteiger partial charge in [0, 0.05) is 20.4 Å². The summed E-state index contributed by atoms with van der Waals surface area (Å²) in [5, 5.41) is 4.25. The Labute approximate surface area is 155 Å². The van der Waals surface area contributed by atoms with E-state index in [0.29, 0.717) is 0 Å². The minimum Gasteiger partial charge on any atom is -0.304 e. The van der Waals surface area contributed by atoms with E-state index >= 15 is 0 Å². The first kappa shape index (κ1) is 20.1. The third-order valence-electron chi connectivity index (χ3n) is 4.40. The molecular weight excluding hydrogens is 401 g/mol. The van der Waals surface area contributed by atoms with E-state index in [1.54, 1.807) is 0 Å². The Morgan fingerprint density at radius 3 is 1.77 bits per heavy atom. The average molecular weight is 427 g/mol. The van der Waals surface area contributed by atoms with Crippen molar-refractivity contribution < 1.29 is 20.4 Å². The molecule has 0 nitrogen and oxygen atoms in total. The van der Waals surface area contributed by atoms with Crippen molar-refractivity contribution in [2.75, 3.05) is 0 Å². The molecule has 0 radical (unpaired) electrons. The number of rotatable bonds is 2. The van der Waals surface area contributed by atoms with Gasteiger partial charge in [-0.2, -0.15) is 0 Å². The summed E-state index contributed by atoms with van der Waals surface area (Å²) in [4.78, 5) is 0. The van der Waals surface area contributed by atoms with Gasteiger partial charge in [0.25, 0.3) is 0 Å². The molecule has 3 heteroatoms. The molecule has 2 aromatic rings. The standard InChI is InChI=1S/C19H26ClP.Pd/c1-18(2,3)21(14-20,19(4,5)6)17-12-11-15-9-7-8-10-16(15)13-17;/h7-14H,1-6H3;. The fourth-order valence-corrected chi connectivity index (χ4v) is 10.5. The Kier molecular flexibility index (Phi) is 6.32. The van der Waals surface area contributed by atoms with Crippen LogP contribution in [0.4, 0.5) is 0 Å². The summed E-state index contributed by atoms with van der Waals surface area (Å²) in [7, 11) is -1.66. The minimum absolute atomic E-state index is 0. The Morgan fingerprint density at radius 1 is 0.818 bits per heavy atom. The van der Waals surface area contributed by atoms with E-state index in [1.807, 2.05) is 5.62 Å². The number of halogens is 1. The molecule has 22 heavy (non-hydrogen) atoms. The maximum absolute atomic E-state index is 6.50. The van der Waals surface area contributed by atoms with Gasteiger partial charge in [-0.25, -0.2) is 0 Å². The van der Waals surface area contributed by atoms with Gasteiger partial charge in [-0.15, -0.1) is 0 Å². The quantitative estimate of drug-likeness (QED) is 0.294. The van der Waals surface area contributed by atoms with E-state index in [2.05, 4.69) is 84.0 Å². The van der Waals surface area contributed by atoms with Crippen LogP contribution in [0.25, 0.3) is 10.8 Å². The first-order valence-electron chi connectivity index (χ1n) is 7.46. The van der Waals surface area contributed by atoms with Crippen LogP contribution in [0.1, 0.15) is 41.5 Å². The number of hydrogen-bond donors (Lipinski definition) is 0. The molecule has 0 aliphatic rings. The van der Waals surface area contributed by atoms with Crippen LogP contribution in [-0.2, 0) is 20.4 Å². The van der Waals surface area contributed by atoms with Crippen LogP contribution < -0.4 is 5.30 Å². The van der Waals surface area contributed by atoms with Crippen LogP contribution in [0, 0.1) is 5.62 Å². The van der Waals surface area contributed by atoms with E-state index in [4.69, 9.17) is 11.6 Å². The van der Waals surface area contributed by atoms with Crippen molar-refractivity contribution in [1.29, 1.82) is 0 Å². The summed E-state index contributed by atoms with van der Waals surface area (Å²) < 4.78 is 0. The molecule has 2 aromatic carbocycles. The number of hydrogen-bond acceptors (Lipinski definition) is 0. The predicted molar refractivity (Wildman–Crippen MR) is 100 cm³/mol. The van der Waals surface area contributed by atoms with Gasteiger partial charge in [-0.05, 0) is 64.4 Å². The molecule has 124 valence electrons. The topological polar surface area (TPSA) is 0 Å².